The lowest BCUT2D eigenvalue weighted by atomic mass is 10.1. The second-order valence-electron chi connectivity index (χ2n) is 6.25. The van der Waals surface area contributed by atoms with Crippen molar-refractivity contribution in [3.63, 3.8) is 0 Å². The molecule has 0 aliphatic carbocycles. The van der Waals surface area contributed by atoms with Crippen LogP contribution < -0.4 is 10.1 Å². The van der Waals surface area contributed by atoms with E-state index in [2.05, 4.69) is 29.1 Å². The molecule has 0 amide bonds. The first-order valence-corrected chi connectivity index (χ1v) is 9.10. The third kappa shape index (κ3) is 3.75. The molecule has 0 fully saturated rings. The quantitative estimate of drug-likeness (QED) is 0.703. The van der Waals surface area contributed by atoms with E-state index in [1.165, 1.54) is 10.4 Å². The molecule has 5 nitrogen and oxygen atoms in total. The molecule has 0 bridgehead atoms. The number of para-hydroxylation sites is 1. The van der Waals surface area contributed by atoms with Crippen molar-refractivity contribution >= 4 is 27.4 Å². The van der Waals surface area contributed by atoms with Gasteiger partial charge < -0.3 is 15.2 Å². The first-order valence-electron chi connectivity index (χ1n) is 8.29. The molecule has 0 aliphatic rings. The average molecular weight is 357 g/mol. The molecule has 0 aliphatic heterocycles. The summed E-state index contributed by atoms with van der Waals surface area (Å²) in [7, 11) is 0. The molecule has 132 valence electrons. The van der Waals surface area contributed by atoms with E-state index >= 15 is 0 Å². The van der Waals surface area contributed by atoms with Crippen LogP contribution in [0.2, 0.25) is 0 Å². The number of rotatable bonds is 6. The molecule has 0 spiro atoms. The van der Waals surface area contributed by atoms with Crippen molar-refractivity contribution < 1.29 is 9.84 Å². The van der Waals surface area contributed by atoms with Crippen LogP contribution >= 0.6 is 11.3 Å². The highest BCUT2D eigenvalue weighted by Gasteiger charge is 2.14. The number of hydrogen-bond acceptors (Lipinski definition) is 6. The van der Waals surface area contributed by atoms with Gasteiger partial charge >= 0.3 is 0 Å². The number of ether oxygens (including phenoxy) is 1. The van der Waals surface area contributed by atoms with Crippen molar-refractivity contribution in [3.05, 3.63) is 46.1 Å². The maximum Gasteiger partial charge on any atom is 0.138 e. The summed E-state index contributed by atoms with van der Waals surface area (Å²) in [4.78, 5) is 10.9. The lowest BCUT2D eigenvalue weighted by Gasteiger charge is -2.16. The Kier molecular flexibility index (Phi) is 5.20. The van der Waals surface area contributed by atoms with Crippen molar-refractivity contribution in [2.45, 2.75) is 33.8 Å². The molecule has 2 heterocycles. The molecule has 0 saturated heterocycles. The van der Waals surface area contributed by atoms with Gasteiger partial charge in [0.05, 0.1) is 5.39 Å². The number of aliphatic hydroxyl groups excluding tert-OH is 1. The van der Waals surface area contributed by atoms with E-state index in [9.17, 15) is 5.11 Å². The standard InChI is InChI=1S/C19H23N3O2S/c1-11-6-5-7-12(2)17(11)24-9-15(23)8-20-18-16-13(3)14(4)25-19(16)22-10-21-18/h5-7,10,15,23H,8-9H2,1-4H3,(H,20,21,22)/t15-/m1/s1. The summed E-state index contributed by atoms with van der Waals surface area (Å²) in [6.45, 7) is 8.76. The molecule has 3 rings (SSSR count). The number of thiophene rings is 1. The van der Waals surface area contributed by atoms with E-state index in [4.69, 9.17) is 4.74 Å². The Morgan fingerprint density at radius 2 is 1.88 bits per heavy atom. The van der Waals surface area contributed by atoms with Crippen LogP contribution in [0, 0.1) is 27.7 Å². The number of nitrogens with one attached hydrogen (secondary N) is 1. The van der Waals surface area contributed by atoms with Crippen molar-refractivity contribution in [1.82, 2.24) is 9.97 Å². The van der Waals surface area contributed by atoms with Crippen LogP contribution in [-0.2, 0) is 0 Å². The summed E-state index contributed by atoms with van der Waals surface area (Å²) in [5, 5.41) is 14.5. The maximum absolute atomic E-state index is 10.3. The molecule has 2 aromatic heterocycles. The highest BCUT2D eigenvalue weighted by atomic mass is 32.1. The predicted molar refractivity (Wildman–Crippen MR) is 103 cm³/mol. The number of hydrogen-bond donors (Lipinski definition) is 2. The Balaban J connectivity index is 1.64. The van der Waals surface area contributed by atoms with Gasteiger partial charge in [0.15, 0.2) is 0 Å². The third-order valence-corrected chi connectivity index (χ3v) is 5.41. The minimum absolute atomic E-state index is 0.231. The van der Waals surface area contributed by atoms with E-state index in [-0.39, 0.29) is 6.61 Å². The zero-order chi connectivity index (χ0) is 18.0. The lowest BCUT2D eigenvalue weighted by Crippen LogP contribution is -2.27. The average Bonchev–Trinajstić information content (AvgIpc) is 2.87. The monoisotopic (exact) mass is 357 g/mol. The van der Waals surface area contributed by atoms with Gasteiger partial charge in [-0.1, -0.05) is 18.2 Å². The topological polar surface area (TPSA) is 67.3 Å². The van der Waals surface area contributed by atoms with Crippen molar-refractivity contribution in [2.24, 2.45) is 0 Å². The number of anilines is 1. The second kappa shape index (κ2) is 7.37. The van der Waals surface area contributed by atoms with Crippen LogP contribution in [0.1, 0.15) is 21.6 Å². The zero-order valence-corrected chi connectivity index (χ0v) is 15.8. The van der Waals surface area contributed by atoms with Gasteiger partial charge in [-0.25, -0.2) is 9.97 Å². The Bertz CT molecular complexity index is 872. The number of fused-ring (bicyclic) bond motifs is 1. The lowest BCUT2D eigenvalue weighted by molar-refractivity contribution is 0.117. The van der Waals surface area contributed by atoms with Crippen molar-refractivity contribution in [2.75, 3.05) is 18.5 Å². The largest absolute Gasteiger partial charge is 0.490 e. The van der Waals surface area contributed by atoms with Gasteiger partial charge in [0.25, 0.3) is 0 Å². The van der Waals surface area contributed by atoms with Gasteiger partial charge in [-0.3, -0.25) is 0 Å². The Morgan fingerprint density at radius 3 is 2.60 bits per heavy atom. The normalized spacial score (nSPS) is 12.4. The highest BCUT2D eigenvalue weighted by Crippen LogP contribution is 2.32. The molecule has 0 unspecified atom stereocenters. The van der Waals surface area contributed by atoms with Crippen LogP contribution in [0.4, 0.5) is 5.82 Å². The number of nitrogens with zero attached hydrogens (tertiary/aromatic N) is 2. The van der Waals surface area contributed by atoms with Gasteiger partial charge in [0.1, 0.15) is 35.4 Å². The van der Waals surface area contributed by atoms with Crippen molar-refractivity contribution in [3.8, 4) is 5.75 Å². The smallest absolute Gasteiger partial charge is 0.138 e. The van der Waals surface area contributed by atoms with E-state index in [1.807, 2.05) is 32.0 Å². The van der Waals surface area contributed by atoms with Crippen LogP contribution in [0.25, 0.3) is 10.2 Å². The number of benzene rings is 1. The van der Waals surface area contributed by atoms with Gasteiger partial charge in [0, 0.05) is 11.4 Å². The predicted octanol–water partition coefficient (Wildman–Crippen LogP) is 3.78. The molecular formula is C19H23N3O2S. The summed E-state index contributed by atoms with van der Waals surface area (Å²) < 4.78 is 5.81. The Labute approximate surface area is 151 Å². The number of aromatic nitrogens is 2. The summed E-state index contributed by atoms with van der Waals surface area (Å²) in [6, 6.07) is 6.01. The van der Waals surface area contributed by atoms with Crippen LogP contribution in [0.15, 0.2) is 24.5 Å². The zero-order valence-electron chi connectivity index (χ0n) is 15.0. The molecule has 1 aromatic carbocycles. The van der Waals surface area contributed by atoms with Gasteiger partial charge in [-0.05, 0) is 44.4 Å². The van der Waals surface area contributed by atoms with Crippen LogP contribution in [-0.4, -0.2) is 34.3 Å². The SMILES string of the molecule is Cc1cccc(C)c1OC[C@H](O)CNc1ncnc2sc(C)c(C)c12. The number of aliphatic hydroxyl groups is 1. The van der Waals surface area contributed by atoms with Gasteiger partial charge in [-0.2, -0.15) is 0 Å². The fourth-order valence-electron chi connectivity index (χ4n) is 2.80. The van der Waals surface area contributed by atoms with E-state index < -0.39 is 6.10 Å². The molecule has 6 heteroatoms. The summed E-state index contributed by atoms with van der Waals surface area (Å²) in [6.07, 6.45) is 0.920. The van der Waals surface area contributed by atoms with Crippen molar-refractivity contribution in [1.29, 1.82) is 0 Å². The Hall–Kier alpha value is -2.18. The van der Waals surface area contributed by atoms with Crippen LogP contribution in [0.5, 0.6) is 5.75 Å². The van der Waals surface area contributed by atoms with Gasteiger partial charge in [0.2, 0.25) is 0 Å². The summed E-state index contributed by atoms with van der Waals surface area (Å²) >= 11 is 1.66. The van der Waals surface area contributed by atoms with E-state index in [0.717, 1.165) is 32.9 Å². The molecule has 25 heavy (non-hydrogen) atoms. The third-order valence-electron chi connectivity index (χ3n) is 4.30. The molecule has 3 aromatic rings. The minimum atomic E-state index is -0.635. The van der Waals surface area contributed by atoms with Gasteiger partial charge in [-0.15, -0.1) is 11.3 Å². The van der Waals surface area contributed by atoms with Crippen LogP contribution in [0.3, 0.4) is 0 Å². The first kappa shape index (κ1) is 17.6. The highest BCUT2D eigenvalue weighted by molar-refractivity contribution is 7.18. The fourth-order valence-corrected chi connectivity index (χ4v) is 3.79. The second-order valence-corrected chi connectivity index (χ2v) is 7.46. The maximum atomic E-state index is 10.3. The molecule has 2 N–H and O–H groups in total. The van der Waals surface area contributed by atoms with E-state index in [1.54, 1.807) is 17.7 Å². The van der Waals surface area contributed by atoms with E-state index in [0.29, 0.717) is 6.54 Å². The molecular weight excluding hydrogens is 334 g/mol. The summed E-state index contributed by atoms with van der Waals surface area (Å²) in [5.41, 5.74) is 3.33. The number of aryl methyl sites for hydroxylation is 4. The Morgan fingerprint density at radius 1 is 1.16 bits per heavy atom. The minimum Gasteiger partial charge on any atom is -0.490 e. The summed E-state index contributed by atoms with van der Waals surface area (Å²) in [5.74, 6) is 1.60. The molecule has 1 atom stereocenters. The first-order chi connectivity index (χ1) is 12.0. The molecule has 0 radical (unpaired) electrons. The molecule has 0 saturated carbocycles. The fraction of sp³-hybridized carbons (Fsp3) is 0.368.